The van der Waals surface area contributed by atoms with Crippen LogP contribution in [0.25, 0.3) is 66.1 Å². The van der Waals surface area contributed by atoms with E-state index in [0.29, 0.717) is 18.2 Å². The summed E-state index contributed by atoms with van der Waals surface area (Å²) < 4.78 is 38.5. The Morgan fingerprint density at radius 1 is 0.346 bits per heavy atom. The largest absolute Gasteiger partial charge is 0.504 e. The van der Waals surface area contributed by atoms with E-state index < -0.39 is 253 Å². The number of fused-ring (bicyclic) bond motifs is 11. The standard InChI is InChI=1S/C48H28O30/c49-11-2-7-15(29(57)26(11)54)6-1-10(25(53)34(62)24(6)52)45(68)77-40-37-14(73-48(71)41(40)78-43(7)66)5-72-42(65)8-3-12(50)27(55)30(58)16(8)18-22-20-21-23(47(70)76-38(20)35(63)32(18)60)19(33(61)36(64)39(21)75-46(22)69)17-9(44(67)74-37)4-13(51)28(56)31(17)59/h1-4,14,37,40-41,48-64,71H,5H2. The molecule has 6 aromatic carbocycles. The monoisotopic (exact) mass is 1080 g/mol. The molecule has 5 unspecified atom stereocenters. The van der Waals surface area contributed by atoms with Crippen LogP contribution in [0.5, 0.6) is 92.0 Å². The SMILES string of the molecule is O=C1OC2C(OC(=O)c3cc(O)c(O)c(O)c3-c3cc1c(O)c(O)c3O)C(O)OC1COC(=O)c3cc(O)c(O)c(O)c3-c3c(O)c(O)c4oc(=O)c5c(c(O)c(O)c6oc(=O)c3c4c65)-c3c(cc(O)c(O)c3O)C(=O)OC12. The van der Waals surface area contributed by atoms with E-state index in [9.17, 15) is 116 Å². The molecule has 3 aliphatic rings. The third-order valence-electron chi connectivity index (χ3n) is 13.2. The molecule has 3 aliphatic heterocycles. The number of carbonyl (C=O) groups excluding carboxylic acids is 4. The molecule has 0 saturated carbocycles. The molecule has 8 bridgehead atoms. The van der Waals surface area contributed by atoms with Crippen LogP contribution in [0.1, 0.15) is 41.4 Å². The van der Waals surface area contributed by atoms with Crippen LogP contribution in [-0.2, 0) is 23.7 Å². The molecule has 0 radical (unpaired) electrons. The minimum absolute atomic E-state index is 0.288. The number of hydrogen-bond donors (Lipinski definition) is 17. The Hall–Kier alpha value is -11.1. The lowest BCUT2D eigenvalue weighted by Gasteiger charge is -2.42. The number of ether oxygens (including phenoxy) is 5. The Labute approximate surface area is 424 Å². The number of phenolic OH excluding ortho intramolecular Hbond substituents is 16. The molecule has 0 spiro atoms. The highest BCUT2D eigenvalue weighted by Gasteiger charge is 2.54. The van der Waals surface area contributed by atoms with Crippen molar-refractivity contribution < 1.29 is 139 Å². The van der Waals surface area contributed by atoms with Crippen LogP contribution in [0.15, 0.2) is 42.7 Å². The highest BCUT2D eigenvalue weighted by atomic mass is 16.7. The van der Waals surface area contributed by atoms with Gasteiger partial charge in [0.2, 0.25) is 34.5 Å². The predicted molar refractivity (Wildman–Crippen MR) is 245 cm³/mol. The zero-order chi connectivity index (χ0) is 56.3. The number of aliphatic hydroxyl groups excluding tert-OH is 1. The fourth-order valence-electron chi connectivity index (χ4n) is 9.68. The van der Waals surface area contributed by atoms with Gasteiger partial charge in [-0.2, -0.15) is 0 Å². The summed E-state index contributed by atoms with van der Waals surface area (Å²) in [6.45, 7) is -1.47. The molecule has 1 saturated heterocycles. The number of carbonyl (C=O) groups is 4. The average Bonchev–Trinajstić information content (AvgIpc) is 3.60. The molecule has 30 nitrogen and oxygen atoms in total. The Kier molecular flexibility index (Phi) is 10.3. The van der Waals surface area contributed by atoms with E-state index in [1.807, 2.05) is 0 Å². The maximum atomic E-state index is 15.0. The van der Waals surface area contributed by atoms with Gasteiger partial charge in [0.05, 0.1) is 27.5 Å². The van der Waals surface area contributed by atoms with Crippen LogP contribution in [0.4, 0.5) is 0 Å². The first-order valence-electron chi connectivity index (χ1n) is 21.7. The molecular weight excluding hydrogens is 1060 g/mol. The van der Waals surface area contributed by atoms with Gasteiger partial charge in [0.1, 0.15) is 18.3 Å². The topological polar surface area (TPSA) is 519 Å². The van der Waals surface area contributed by atoms with Crippen LogP contribution >= 0.6 is 0 Å². The lowest BCUT2D eigenvalue weighted by Crippen LogP contribution is -2.62. The number of phenols is 16. The third kappa shape index (κ3) is 6.49. The van der Waals surface area contributed by atoms with Gasteiger partial charge in [0, 0.05) is 44.2 Å². The summed E-state index contributed by atoms with van der Waals surface area (Å²) in [6, 6.07) is 1.52. The molecule has 30 heteroatoms. The quantitative estimate of drug-likeness (QED) is 0.0339. The smallest absolute Gasteiger partial charge is 0.345 e. The van der Waals surface area contributed by atoms with Crippen molar-refractivity contribution in [2.75, 3.05) is 6.61 Å². The first-order chi connectivity index (χ1) is 36.8. The zero-order valence-electron chi connectivity index (χ0n) is 37.8. The Balaban J connectivity index is 1.22. The summed E-state index contributed by atoms with van der Waals surface area (Å²) in [7, 11) is 0. The fourth-order valence-corrected chi connectivity index (χ4v) is 9.68. The van der Waals surface area contributed by atoms with Gasteiger partial charge in [-0.05, 0) is 24.3 Å². The molecule has 78 heavy (non-hydrogen) atoms. The van der Waals surface area contributed by atoms with Gasteiger partial charge in [-0.25, -0.2) is 28.8 Å². The molecular formula is C48H28O30. The minimum atomic E-state index is -2.73. The number of aromatic hydroxyl groups is 16. The van der Waals surface area contributed by atoms with E-state index in [1.165, 1.54) is 0 Å². The van der Waals surface area contributed by atoms with E-state index in [0.717, 1.165) is 0 Å². The van der Waals surface area contributed by atoms with Gasteiger partial charge in [0.25, 0.3) is 0 Å². The van der Waals surface area contributed by atoms with Crippen molar-refractivity contribution in [1.29, 1.82) is 0 Å². The first-order valence-corrected chi connectivity index (χ1v) is 21.7. The molecule has 400 valence electrons. The van der Waals surface area contributed by atoms with Crippen LogP contribution in [0.2, 0.25) is 0 Å². The second kappa shape index (κ2) is 16.4. The number of cyclic esters (lactones) is 1. The fraction of sp³-hybridized carbons (Fsp3) is 0.125. The van der Waals surface area contributed by atoms with E-state index in [2.05, 4.69) is 0 Å². The Morgan fingerprint density at radius 2 is 0.731 bits per heavy atom. The highest BCUT2D eigenvalue weighted by molar-refractivity contribution is 6.29. The summed E-state index contributed by atoms with van der Waals surface area (Å²) in [5.74, 6) is -31.3. The van der Waals surface area contributed by atoms with Gasteiger partial charge in [-0.1, -0.05) is 0 Å². The van der Waals surface area contributed by atoms with Crippen LogP contribution in [-0.4, -0.2) is 148 Å². The zero-order valence-corrected chi connectivity index (χ0v) is 37.8. The molecule has 17 N–H and O–H groups in total. The Bertz CT molecular complexity index is 4240. The second-order valence-corrected chi connectivity index (χ2v) is 17.4. The molecule has 0 aliphatic carbocycles. The third-order valence-corrected chi connectivity index (χ3v) is 13.2. The molecule has 8 aromatic rings. The maximum Gasteiger partial charge on any atom is 0.345 e. The highest BCUT2D eigenvalue weighted by Crippen LogP contribution is 2.59. The average molecular weight is 1080 g/mol. The summed E-state index contributed by atoms with van der Waals surface area (Å²) in [4.78, 5) is 86.4. The predicted octanol–water partition coefficient (Wildman–Crippen LogP) is 1.96. The van der Waals surface area contributed by atoms with Gasteiger partial charge in [-0.15, -0.1) is 0 Å². The van der Waals surface area contributed by atoms with Gasteiger partial charge < -0.3 is 119 Å². The van der Waals surface area contributed by atoms with Crippen LogP contribution in [0, 0.1) is 0 Å². The first kappa shape index (κ1) is 49.1. The van der Waals surface area contributed by atoms with E-state index in [1.54, 1.807) is 0 Å². The van der Waals surface area contributed by atoms with E-state index >= 15 is 0 Å². The lowest BCUT2D eigenvalue weighted by atomic mass is 9.88. The van der Waals surface area contributed by atoms with Gasteiger partial charge in [-0.3, -0.25) is 0 Å². The number of rotatable bonds is 0. The van der Waals surface area contributed by atoms with Crippen molar-refractivity contribution in [2.45, 2.75) is 30.7 Å². The van der Waals surface area contributed by atoms with Crippen molar-refractivity contribution >= 4 is 56.6 Å². The van der Waals surface area contributed by atoms with Crippen LogP contribution in [0.3, 0.4) is 0 Å². The van der Waals surface area contributed by atoms with Crippen LogP contribution < -0.4 is 11.3 Å². The van der Waals surface area contributed by atoms with E-state index in [4.69, 9.17) is 32.5 Å². The normalized spacial score (nSPS) is 19.3. The van der Waals surface area contributed by atoms with Crippen molar-refractivity contribution in [3.8, 4) is 125 Å². The van der Waals surface area contributed by atoms with Crippen molar-refractivity contribution in [2.24, 2.45) is 0 Å². The number of aliphatic hydroxyl groups is 1. The number of benzene rings is 6. The van der Waals surface area contributed by atoms with Crippen molar-refractivity contribution in [3.05, 3.63) is 67.4 Å². The maximum absolute atomic E-state index is 15.0. The molecule has 2 aromatic heterocycles. The molecule has 0 amide bonds. The number of esters is 4. The minimum Gasteiger partial charge on any atom is -0.504 e. The van der Waals surface area contributed by atoms with Crippen molar-refractivity contribution in [3.63, 3.8) is 0 Å². The summed E-state index contributed by atoms with van der Waals surface area (Å²) in [6.07, 6.45) is -13.0. The lowest BCUT2D eigenvalue weighted by molar-refractivity contribution is -0.284. The Morgan fingerprint density at radius 3 is 1.22 bits per heavy atom. The number of hydrogen-bond acceptors (Lipinski definition) is 30. The summed E-state index contributed by atoms with van der Waals surface area (Å²) in [5, 5.41) is 185. The second-order valence-electron chi connectivity index (χ2n) is 17.4. The van der Waals surface area contributed by atoms with Crippen molar-refractivity contribution in [1.82, 2.24) is 0 Å². The summed E-state index contributed by atoms with van der Waals surface area (Å²) in [5.41, 5.74) is -17.6. The molecule has 1 fully saturated rings. The van der Waals surface area contributed by atoms with Gasteiger partial charge in [0.15, 0.2) is 93.3 Å². The molecule has 5 atom stereocenters. The molecule has 5 heterocycles. The van der Waals surface area contributed by atoms with Gasteiger partial charge >= 0.3 is 35.1 Å². The van der Waals surface area contributed by atoms with E-state index in [-0.39, 0.29) is 6.07 Å². The summed E-state index contributed by atoms with van der Waals surface area (Å²) >= 11 is 0. The molecule has 11 rings (SSSR count).